The Morgan fingerprint density at radius 3 is 2.85 bits per heavy atom. The average molecular weight is 384 g/mol. The molecule has 0 aromatic heterocycles. The van der Waals surface area contributed by atoms with Crippen molar-refractivity contribution in [2.24, 2.45) is 29.6 Å². The number of benzene rings is 1. The van der Waals surface area contributed by atoms with Crippen molar-refractivity contribution in [3.8, 4) is 11.5 Å². The first-order valence-electron chi connectivity index (χ1n) is 7.72. The maximum absolute atomic E-state index is 6.10. The van der Waals surface area contributed by atoms with Gasteiger partial charge in [-0.1, -0.05) is 0 Å². The van der Waals surface area contributed by atoms with Crippen molar-refractivity contribution in [2.45, 2.75) is 25.7 Å². The molecule has 1 aromatic carbocycles. The van der Waals surface area contributed by atoms with Gasteiger partial charge in [-0.2, -0.15) is 0 Å². The molecule has 3 heteroatoms. The predicted octanol–water partition coefficient (Wildman–Crippen LogP) is 4.36. The summed E-state index contributed by atoms with van der Waals surface area (Å²) in [5.74, 6) is 6.67. The van der Waals surface area contributed by atoms with Gasteiger partial charge in [-0.15, -0.1) is 0 Å². The zero-order chi connectivity index (χ0) is 13.7. The third-order valence-corrected chi connectivity index (χ3v) is 6.32. The van der Waals surface area contributed by atoms with Gasteiger partial charge in [0.25, 0.3) is 0 Å². The lowest BCUT2D eigenvalue weighted by atomic mass is 9.58. The highest BCUT2D eigenvalue weighted by molar-refractivity contribution is 14.1. The summed E-state index contributed by atoms with van der Waals surface area (Å²) in [6, 6.07) is 6.14. The van der Waals surface area contributed by atoms with E-state index in [9.17, 15) is 0 Å². The summed E-state index contributed by atoms with van der Waals surface area (Å²) in [5.41, 5.74) is 0. The van der Waals surface area contributed by atoms with E-state index in [1.165, 1.54) is 29.3 Å². The third-order valence-electron chi connectivity index (χ3n) is 5.65. The summed E-state index contributed by atoms with van der Waals surface area (Å²) in [4.78, 5) is 0. The van der Waals surface area contributed by atoms with Gasteiger partial charge < -0.3 is 9.47 Å². The molecule has 2 nitrogen and oxygen atoms in total. The SMILES string of the molecule is COc1ccc(I)cc1OCC1C[C@H]2CCC3CC3C12. The van der Waals surface area contributed by atoms with Gasteiger partial charge >= 0.3 is 0 Å². The van der Waals surface area contributed by atoms with E-state index in [4.69, 9.17) is 9.47 Å². The molecule has 0 N–H and O–H groups in total. The van der Waals surface area contributed by atoms with Gasteiger partial charge in [-0.25, -0.2) is 0 Å². The standard InChI is InChI=1S/C17H21IO2/c1-19-15-5-4-13(18)8-16(15)20-9-12-6-11-3-2-10-7-14(10)17(11)12/h4-5,8,10-12,14,17H,2-3,6-7,9H2,1H3/t10?,11-,12?,14?,17?/m1/s1. The minimum atomic E-state index is 0.790. The zero-order valence-electron chi connectivity index (χ0n) is 11.8. The molecule has 0 spiro atoms. The van der Waals surface area contributed by atoms with Crippen LogP contribution in [0.25, 0.3) is 0 Å². The van der Waals surface area contributed by atoms with Crippen molar-refractivity contribution < 1.29 is 9.47 Å². The molecule has 4 rings (SSSR count). The van der Waals surface area contributed by atoms with Crippen molar-refractivity contribution in [1.29, 1.82) is 0 Å². The van der Waals surface area contributed by atoms with E-state index >= 15 is 0 Å². The van der Waals surface area contributed by atoms with E-state index in [2.05, 4.69) is 34.7 Å². The summed E-state index contributed by atoms with van der Waals surface area (Å²) in [6.45, 7) is 0.876. The molecule has 0 bridgehead atoms. The van der Waals surface area contributed by atoms with E-state index < -0.39 is 0 Å². The second kappa shape index (κ2) is 5.08. The maximum Gasteiger partial charge on any atom is 0.162 e. The zero-order valence-corrected chi connectivity index (χ0v) is 14.0. The van der Waals surface area contributed by atoms with Crippen molar-refractivity contribution in [1.82, 2.24) is 0 Å². The molecule has 3 aliphatic rings. The van der Waals surface area contributed by atoms with Gasteiger partial charge in [0.05, 0.1) is 13.7 Å². The van der Waals surface area contributed by atoms with Crippen LogP contribution in [0.5, 0.6) is 11.5 Å². The molecular weight excluding hydrogens is 363 g/mol. The van der Waals surface area contributed by atoms with Gasteiger partial charge in [0.1, 0.15) is 0 Å². The number of rotatable bonds is 4. The average Bonchev–Trinajstić information content (AvgIpc) is 3.17. The van der Waals surface area contributed by atoms with E-state index in [1.807, 2.05) is 6.07 Å². The first kappa shape index (κ1) is 13.2. The summed E-state index contributed by atoms with van der Waals surface area (Å²) < 4.78 is 12.7. The number of hydrogen-bond donors (Lipinski definition) is 0. The molecular formula is C17H21IO2. The third kappa shape index (κ3) is 2.22. The highest BCUT2D eigenvalue weighted by Crippen LogP contribution is 2.63. The Bertz CT molecular complexity index is 514. The Kier molecular flexibility index (Phi) is 3.36. The lowest BCUT2D eigenvalue weighted by molar-refractivity contribution is -0.0106. The highest BCUT2D eigenvalue weighted by atomic mass is 127. The topological polar surface area (TPSA) is 18.5 Å². The van der Waals surface area contributed by atoms with Crippen molar-refractivity contribution in [3.63, 3.8) is 0 Å². The van der Waals surface area contributed by atoms with Crippen molar-refractivity contribution in [3.05, 3.63) is 21.8 Å². The molecule has 0 amide bonds. The molecule has 20 heavy (non-hydrogen) atoms. The smallest absolute Gasteiger partial charge is 0.162 e. The van der Waals surface area contributed by atoms with Crippen molar-refractivity contribution >= 4 is 22.6 Å². The molecule has 4 unspecified atom stereocenters. The van der Waals surface area contributed by atoms with Gasteiger partial charge in [0.2, 0.25) is 0 Å². The second-order valence-corrected chi connectivity index (χ2v) is 7.92. The van der Waals surface area contributed by atoms with Gasteiger partial charge in [0.15, 0.2) is 11.5 Å². The van der Waals surface area contributed by atoms with E-state index in [-0.39, 0.29) is 0 Å². The van der Waals surface area contributed by atoms with Crippen LogP contribution in [0.1, 0.15) is 25.7 Å². The van der Waals surface area contributed by atoms with Crippen LogP contribution in [0, 0.1) is 33.2 Å². The predicted molar refractivity (Wildman–Crippen MR) is 87.1 cm³/mol. The molecule has 3 fully saturated rings. The molecule has 0 radical (unpaired) electrons. The number of halogens is 1. The Labute approximate surface area is 134 Å². The number of methoxy groups -OCH3 is 1. The molecule has 3 saturated carbocycles. The van der Waals surface area contributed by atoms with Crippen LogP contribution in [-0.2, 0) is 0 Å². The summed E-state index contributed by atoms with van der Waals surface area (Å²) >= 11 is 2.32. The molecule has 0 heterocycles. The van der Waals surface area contributed by atoms with Gasteiger partial charge in [-0.3, -0.25) is 0 Å². The van der Waals surface area contributed by atoms with Crippen LogP contribution in [-0.4, -0.2) is 13.7 Å². The van der Waals surface area contributed by atoms with Crippen LogP contribution in [0.4, 0.5) is 0 Å². The second-order valence-electron chi connectivity index (χ2n) is 6.68. The summed E-state index contributed by atoms with van der Waals surface area (Å²) in [7, 11) is 1.71. The van der Waals surface area contributed by atoms with Crippen LogP contribution in [0.2, 0.25) is 0 Å². The van der Waals surface area contributed by atoms with Crippen LogP contribution in [0.3, 0.4) is 0 Å². The lowest BCUT2D eigenvalue weighted by Gasteiger charge is -2.47. The van der Waals surface area contributed by atoms with E-state index in [0.29, 0.717) is 0 Å². The lowest BCUT2D eigenvalue weighted by Crippen LogP contribution is -2.43. The quantitative estimate of drug-likeness (QED) is 0.719. The van der Waals surface area contributed by atoms with E-state index in [1.54, 1.807) is 7.11 Å². The normalized spacial score (nSPS) is 37.4. The first-order valence-corrected chi connectivity index (χ1v) is 8.80. The molecule has 5 atom stereocenters. The highest BCUT2D eigenvalue weighted by Gasteiger charge is 2.57. The molecule has 0 saturated heterocycles. The fraction of sp³-hybridized carbons (Fsp3) is 0.647. The van der Waals surface area contributed by atoms with Crippen LogP contribution < -0.4 is 9.47 Å². The Morgan fingerprint density at radius 1 is 1.15 bits per heavy atom. The number of hydrogen-bond acceptors (Lipinski definition) is 2. The van der Waals surface area contributed by atoms with Gasteiger partial charge in [-0.05, 0) is 96.1 Å². The molecule has 1 aromatic rings. The van der Waals surface area contributed by atoms with Crippen LogP contribution in [0.15, 0.2) is 18.2 Å². The largest absolute Gasteiger partial charge is 0.493 e. The molecule has 108 valence electrons. The summed E-state index contributed by atoms with van der Waals surface area (Å²) in [5, 5.41) is 0. The molecule has 3 aliphatic carbocycles. The monoisotopic (exact) mass is 384 g/mol. The van der Waals surface area contributed by atoms with Crippen LogP contribution >= 0.6 is 22.6 Å². The molecule has 0 aliphatic heterocycles. The van der Waals surface area contributed by atoms with E-state index in [0.717, 1.165) is 47.7 Å². The Hall–Kier alpha value is -0.450. The summed E-state index contributed by atoms with van der Waals surface area (Å²) in [6.07, 6.45) is 5.88. The first-order chi connectivity index (χ1) is 9.76. The fourth-order valence-corrected chi connectivity index (χ4v) is 5.01. The number of fused-ring (bicyclic) bond motifs is 3. The Balaban J connectivity index is 1.40. The minimum absolute atomic E-state index is 0.790. The van der Waals surface area contributed by atoms with Crippen molar-refractivity contribution in [2.75, 3.05) is 13.7 Å². The Morgan fingerprint density at radius 2 is 2.00 bits per heavy atom. The van der Waals surface area contributed by atoms with Gasteiger partial charge in [0, 0.05) is 3.57 Å². The maximum atomic E-state index is 6.10. The number of ether oxygens (including phenoxy) is 2. The minimum Gasteiger partial charge on any atom is -0.493 e. The fourth-order valence-electron chi connectivity index (χ4n) is 4.54.